The molecule has 10 heteroatoms. The Hall–Kier alpha value is -4.60. The Bertz CT molecular complexity index is 1280. The number of nitrogens with one attached hydrogen (secondary N) is 2. The van der Waals surface area contributed by atoms with Crippen LogP contribution in [-0.2, 0) is 6.61 Å². The number of rotatable bonds is 9. The average molecular weight is 466 g/mol. The Morgan fingerprint density at radius 3 is 2.12 bits per heavy atom. The molecule has 0 radical (unpaired) electrons. The van der Waals surface area contributed by atoms with Gasteiger partial charge in [-0.15, -0.1) is 0 Å². The van der Waals surface area contributed by atoms with E-state index in [1.165, 1.54) is 6.26 Å². The molecule has 0 saturated carbocycles. The van der Waals surface area contributed by atoms with Gasteiger partial charge < -0.3 is 30.0 Å². The van der Waals surface area contributed by atoms with Gasteiger partial charge in [-0.3, -0.25) is 9.59 Å². The first-order valence-corrected chi connectivity index (χ1v) is 10.1. The van der Waals surface area contributed by atoms with E-state index in [0.717, 1.165) is 24.7 Å². The number of ketones is 1. The summed E-state index contributed by atoms with van der Waals surface area (Å²) >= 11 is 0. The lowest BCUT2D eigenvalue weighted by Gasteiger charge is -2.18. The van der Waals surface area contributed by atoms with E-state index in [2.05, 4.69) is 10.6 Å². The zero-order valence-electron chi connectivity index (χ0n) is 18.6. The molecular weight excluding hydrogens is 444 g/mol. The Kier molecular flexibility index (Phi) is 7.01. The number of aromatic carboxylic acids is 2. The van der Waals surface area contributed by atoms with E-state index >= 15 is 0 Å². The summed E-state index contributed by atoms with van der Waals surface area (Å²) in [6.07, 6.45) is 1.50. The SMILES string of the molecule is CNc1ccc(NC(=O)c2cc(C(C)=O)c(C(=O)O)cc2C(=O)O)c(OCc2ccco2)c1C. The number of ether oxygens (including phenoxy) is 1. The first-order chi connectivity index (χ1) is 16.1. The second kappa shape index (κ2) is 9.90. The number of carboxylic acids is 2. The van der Waals surface area contributed by atoms with Crippen molar-refractivity contribution in [3.8, 4) is 5.75 Å². The Labute approximate surface area is 194 Å². The Morgan fingerprint density at radius 1 is 0.941 bits per heavy atom. The fraction of sp³-hybridized carbons (Fsp3) is 0.167. The average Bonchev–Trinajstić information content (AvgIpc) is 3.31. The summed E-state index contributed by atoms with van der Waals surface area (Å²) in [5.41, 5.74) is -0.0382. The van der Waals surface area contributed by atoms with E-state index in [0.29, 0.717) is 17.1 Å². The summed E-state index contributed by atoms with van der Waals surface area (Å²) in [5, 5.41) is 24.6. The number of hydrogen-bond donors (Lipinski definition) is 4. The highest BCUT2D eigenvalue weighted by Crippen LogP contribution is 2.35. The number of furan rings is 1. The molecule has 34 heavy (non-hydrogen) atoms. The first kappa shape index (κ1) is 24.1. The normalized spacial score (nSPS) is 10.4. The van der Waals surface area contributed by atoms with Crippen molar-refractivity contribution in [3.63, 3.8) is 0 Å². The van der Waals surface area contributed by atoms with Crippen LogP contribution in [0.4, 0.5) is 11.4 Å². The second-order valence-electron chi connectivity index (χ2n) is 7.30. The molecule has 0 aliphatic heterocycles. The molecule has 3 aromatic rings. The van der Waals surface area contributed by atoms with Gasteiger partial charge in [0.15, 0.2) is 5.78 Å². The van der Waals surface area contributed by atoms with Gasteiger partial charge in [-0.2, -0.15) is 0 Å². The summed E-state index contributed by atoms with van der Waals surface area (Å²) in [6, 6.07) is 8.49. The van der Waals surface area contributed by atoms with Gasteiger partial charge in [0.1, 0.15) is 18.1 Å². The number of hydrogen-bond acceptors (Lipinski definition) is 7. The lowest BCUT2D eigenvalue weighted by atomic mass is 9.95. The monoisotopic (exact) mass is 466 g/mol. The van der Waals surface area contributed by atoms with Gasteiger partial charge in [-0.1, -0.05) is 0 Å². The van der Waals surface area contributed by atoms with Crippen LogP contribution in [0.25, 0.3) is 0 Å². The smallest absolute Gasteiger partial charge is 0.336 e. The van der Waals surface area contributed by atoms with Crippen molar-refractivity contribution >= 4 is 35.0 Å². The molecular formula is C24H22N2O8. The summed E-state index contributed by atoms with van der Waals surface area (Å²) < 4.78 is 11.2. The van der Waals surface area contributed by atoms with Crippen LogP contribution in [0, 0.1) is 6.92 Å². The molecule has 2 aromatic carbocycles. The van der Waals surface area contributed by atoms with Crippen molar-refractivity contribution in [2.45, 2.75) is 20.5 Å². The van der Waals surface area contributed by atoms with Crippen molar-refractivity contribution in [2.75, 3.05) is 17.7 Å². The highest BCUT2D eigenvalue weighted by atomic mass is 16.5. The van der Waals surface area contributed by atoms with Gasteiger partial charge in [0, 0.05) is 23.9 Å². The molecule has 1 aromatic heterocycles. The third-order valence-corrected chi connectivity index (χ3v) is 5.10. The summed E-state index contributed by atoms with van der Waals surface area (Å²) in [4.78, 5) is 48.4. The largest absolute Gasteiger partial charge is 0.483 e. The van der Waals surface area contributed by atoms with Gasteiger partial charge in [0.05, 0.1) is 28.6 Å². The van der Waals surface area contributed by atoms with Crippen LogP contribution in [0.5, 0.6) is 5.75 Å². The summed E-state index contributed by atoms with van der Waals surface area (Å²) in [5.74, 6) is -3.60. The molecule has 0 unspecified atom stereocenters. The zero-order valence-corrected chi connectivity index (χ0v) is 18.6. The van der Waals surface area contributed by atoms with Crippen LogP contribution in [0.15, 0.2) is 47.1 Å². The van der Waals surface area contributed by atoms with E-state index < -0.39 is 34.8 Å². The van der Waals surface area contributed by atoms with Crippen LogP contribution in [0.3, 0.4) is 0 Å². The molecule has 0 fully saturated rings. The third-order valence-electron chi connectivity index (χ3n) is 5.10. The van der Waals surface area contributed by atoms with Crippen molar-refractivity contribution in [1.82, 2.24) is 0 Å². The fourth-order valence-corrected chi connectivity index (χ4v) is 3.41. The van der Waals surface area contributed by atoms with E-state index in [1.54, 1.807) is 38.2 Å². The zero-order chi connectivity index (χ0) is 25.0. The highest BCUT2D eigenvalue weighted by Gasteiger charge is 2.25. The molecule has 176 valence electrons. The maximum Gasteiger partial charge on any atom is 0.336 e. The minimum absolute atomic E-state index is 0.0754. The van der Waals surface area contributed by atoms with Crippen molar-refractivity contribution < 1.29 is 38.5 Å². The van der Waals surface area contributed by atoms with E-state index in [-0.39, 0.29) is 23.4 Å². The highest BCUT2D eigenvalue weighted by molar-refractivity contribution is 6.15. The quantitative estimate of drug-likeness (QED) is 0.342. The van der Waals surface area contributed by atoms with E-state index in [1.807, 2.05) is 0 Å². The molecule has 0 aliphatic rings. The minimum Gasteiger partial charge on any atom is -0.483 e. The van der Waals surface area contributed by atoms with Crippen LogP contribution >= 0.6 is 0 Å². The molecule has 0 bridgehead atoms. The number of carboxylic acid groups (broad SMARTS) is 2. The maximum absolute atomic E-state index is 13.1. The molecule has 0 spiro atoms. The number of amides is 1. The topological polar surface area (TPSA) is 155 Å². The standard InChI is InChI=1S/C24H22N2O8/c1-12-19(25-3)6-7-20(21(12)34-11-14-5-4-8-33-14)26-22(28)16-9-15(13(2)27)17(23(29)30)10-18(16)24(31)32/h4-10,25H,11H2,1-3H3,(H,26,28)(H,29,30)(H,31,32). The molecule has 3 rings (SSSR count). The van der Waals surface area contributed by atoms with Crippen LogP contribution in [-0.4, -0.2) is 40.9 Å². The minimum atomic E-state index is -1.52. The Morgan fingerprint density at radius 2 is 1.56 bits per heavy atom. The predicted molar refractivity (Wildman–Crippen MR) is 122 cm³/mol. The second-order valence-corrected chi connectivity index (χ2v) is 7.30. The van der Waals surface area contributed by atoms with Gasteiger partial charge in [0.2, 0.25) is 0 Å². The van der Waals surface area contributed by atoms with Crippen molar-refractivity contribution in [1.29, 1.82) is 0 Å². The summed E-state index contributed by atoms with van der Waals surface area (Å²) in [7, 11) is 1.73. The van der Waals surface area contributed by atoms with Gasteiger partial charge in [-0.25, -0.2) is 9.59 Å². The molecule has 0 atom stereocenters. The predicted octanol–water partition coefficient (Wildman–Crippen LogP) is 4.06. The van der Waals surface area contributed by atoms with Crippen LogP contribution < -0.4 is 15.4 Å². The summed E-state index contributed by atoms with van der Waals surface area (Å²) in [6.45, 7) is 2.98. The van der Waals surface area contributed by atoms with Gasteiger partial charge in [0.25, 0.3) is 5.91 Å². The lowest BCUT2D eigenvalue weighted by molar-refractivity contribution is 0.0690. The Balaban J connectivity index is 2.04. The first-order valence-electron chi connectivity index (χ1n) is 10.1. The van der Waals surface area contributed by atoms with E-state index in [4.69, 9.17) is 9.15 Å². The number of carbonyl (C=O) groups is 4. The van der Waals surface area contributed by atoms with Crippen LogP contribution in [0.2, 0.25) is 0 Å². The van der Waals surface area contributed by atoms with Crippen molar-refractivity contribution in [2.24, 2.45) is 0 Å². The van der Waals surface area contributed by atoms with Gasteiger partial charge in [-0.05, 0) is 50.2 Å². The number of benzene rings is 2. The molecule has 1 amide bonds. The number of Topliss-reactive ketones (excluding diaryl/α,β-unsaturated/α-hetero) is 1. The molecule has 0 aliphatic carbocycles. The molecule has 10 nitrogen and oxygen atoms in total. The molecule has 0 saturated heterocycles. The molecule has 4 N–H and O–H groups in total. The van der Waals surface area contributed by atoms with Crippen LogP contribution in [0.1, 0.15) is 59.7 Å². The molecule has 1 heterocycles. The van der Waals surface area contributed by atoms with Gasteiger partial charge >= 0.3 is 11.9 Å². The lowest BCUT2D eigenvalue weighted by Crippen LogP contribution is -2.20. The van der Waals surface area contributed by atoms with E-state index in [9.17, 15) is 29.4 Å². The van der Waals surface area contributed by atoms with Crippen molar-refractivity contribution in [3.05, 3.63) is 76.2 Å². The number of carbonyl (C=O) groups excluding carboxylic acids is 2. The maximum atomic E-state index is 13.1. The third kappa shape index (κ3) is 4.90. The number of anilines is 2. The fourth-order valence-electron chi connectivity index (χ4n) is 3.41.